The maximum atomic E-state index is 13.0. The first-order valence-electron chi connectivity index (χ1n) is 11.0. The van der Waals surface area contributed by atoms with Gasteiger partial charge in [-0.2, -0.15) is 25.9 Å². The lowest BCUT2D eigenvalue weighted by atomic mass is 10.1. The van der Waals surface area contributed by atoms with Crippen LogP contribution in [-0.2, 0) is 21.1 Å². The zero-order valence-electron chi connectivity index (χ0n) is 19.7. The van der Waals surface area contributed by atoms with E-state index in [0.29, 0.717) is 46.2 Å². The van der Waals surface area contributed by atoms with Gasteiger partial charge in [0.05, 0.1) is 11.1 Å². The third-order valence-corrected chi connectivity index (χ3v) is 7.88. The molecular weight excluding hydrogens is 521 g/mol. The van der Waals surface area contributed by atoms with Gasteiger partial charge in [0.25, 0.3) is 0 Å². The van der Waals surface area contributed by atoms with E-state index >= 15 is 0 Å². The van der Waals surface area contributed by atoms with Crippen molar-refractivity contribution in [2.24, 2.45) is 0 Å². The molecule has 1 aliphatic heterocycles. The van der Waals surface area contributed by atoms with Crippen LogP contribution >= 0.6 is 11.3 Å². The quantitative estimate of drug-likeness (QED) is 0.494. The van der Waals surface area contributed by atoms with Crippen molar-refractivity contribution in [2.45, 2.75) is 51.4 Å². The molecule has 4 heterocycles. The van der Waals surface area contributed by atoms with Gasteiger partial charge >= 0.3 is 22.5 Å². The van der Waals surface area contributed by atoms with E-state index < -0.39 is 33.0 Å². The van der Waals surface area contributed by atoms with E-state index in [4.69, 9.17) is 4.74 Å². The van der Waals surface area contributed by atoms with Gasteiger partial charge in [0, 0.05) is 19.1 Å². The highest BCUT2D eigenvalue weighted by atomic mass is 32.2. The summed E-state index contributed by atoms with van der Waals surface area (Å²) in [6, 6.07) is 5.71. The van der Waals surface area contributed by atoms with Crippen LogP contribution in [0, 0.1) is 0 Å². The summed E-state index contributed by atoms with van der Waals surface area (Å²) in [5.74, 6) is 0.475. The first kappa shape index (κ1) is 26.2. The Labute approximate surface area is 209 Å². The first-order chi connectivity index (χ1) is 16.7. The summed E-state index contributed by atoms with van der Waals surface area (Å²) in [6.07, 6.45) is -3.09. The standard InChI is InChI=1S/C21H25F3N6O4S2/c1-20(2,3)34-19(31)28-36(32,33)29-10-8-13(9-11-29)26-17-6-7-18-25-12-14(30(18)27-17)15-4-5-16(35-15)21(22,23)24/h4-7,12-13H,8-11H2,1-3H3,(H,26,27)(H,28,31). The number of fused-ring (bicyclic) bond motifs is 1. The number of hydrogen-bond acceptors (Lipinski definition) is 8. The molecule has 1 aliphatic rings. The number of carbonyl (C=O) groups excluding carboxylic acids is 1. The highest BCUT2D eigenvalue weighted by Crippen LogP contribution is 2.38. The van der Waals surface area contributed by atoms with Crippen molar-refractivity contribution in [2.75, 3.05) is 18.4 Å². The van der Waals surface area contributed by atoms with Crippen molar-refractivity contribution in [3.8, 4) is 10.6 Å². The van der Waals surface area contributed by atoms with Crippen molar-refractivity contribution in [3.05, 3.63) is 35.3 Å². The van der Waals surface area contributed by atoms with Crippen molar-refractivity contribution in [3.63, 3.8) is 0 Å². The number of aromatic nitrogens is 3. The van der Waals surface area contributed by atoms with Gasteiger partial charge in [-0.15, -0.1) is 16.4 Å². The molecule has 1 amide bonds. The minimum Gasteiger partial charge on any atom is -0.443 e. The number of alkyl halides is 3. The molecule has 36 heavy (non-hydrogen) atoms. The second-order valence-electron chi connectivity index (χ2n) is 9.22. The molecule has 1 fully saturated rings. The molecule has 3 aromatic heterocycles. The molecule has 4 rings (SSSR count). The minimum absolute atomic E-state index is 0.103. The van der Waals surface area contributed by atoms with Crippen molar-refractivity contribution >= 4 is 39.1 Å². The molecule has 0 aromatic carbocycles. The van der Waals surface area contributed by atoms with Crippen LogP contribution in [0.4, 0.5) is 23.8 Å². The van der Waals surface area contributed by atoms with E-state index in [9.17, 15) is 26.4 Å². The van der Waals surface area contributed by atoms with Gasteiger partial charge in [-0.3, -0.25) is 0 Å². The van der Waals surface area contributed by atoms with Crippen molar-refractivity contribution < 1.29 is 31.1 Å². The van der Waals surface area contributed by atoms with E-state index in [2.05, 4.69) is 15.4 Å². The monoisotopic (exact) mass is 546 g/mol. The number of carbonyl (C=O) groups is 1. The summed E-state index contributed by atoms with van der Waals surface area (Å²) in [5.41, 5.74) is 0.0824. The average Bonchev–Trinajstić information content (AvgIpc) is 3.39. The van der Waals surface area contributed by atoms with Crippen LogP contribution in [0.15, 0.2) is 30.5 Å². The lowest BCUT2D eigenvalue weighted by Gasteiger charge is -2.31. The van der Waals surface area contributed by atoms with Crippen LogP contribution in [0.5, 0.6) is 0 Å². The van der Waals surface area contributed by atoms with E-state index in [-0.39, 0.29) is 19.1 Å². The summed E-state index contributed by atoms with van der Waals surface area (Å²) < 4.78 is 73.6. The Morgan fingerprint density at radius 1 is 1.14 bits per heavy atom. The summed E-state index contributed by atoms with van der Waals surface area (Å²) in [4.78, 5) is 15.8. The molecule has 15 heteroatoms. The van der Waals surface area contributed by atoms with Gasteiger partial charge in [-0.1, -0.05) is 0 Å². The van der Waals surface area contributed by atoms with Crippen LogP contribution in [0.3, 0.4) is 0 Å². The molecule has 10 nitrogen and oxygen atoms in total. The van der Waals surface area contributed by atoms with Crippen molar-refractivity contribution in [1.29, 1.82) is 0 Å². The van der Waals surface area contributed by atoms with E-state index in [1.165, 1.54) is 21.1 Å². The molecule has 0 atom stereocenters. The minimum atomic E-state index is -4.42. The number of anilines is 1. The Balaban J connectivity index is 1.41. The third kappa shape index (κ3) is 6.07. The Bertz CT molecular complexity index is 1360. The summed E-state index contributed by atoms with van der Waals surface area (Å²) in [5, 5.41) is 7.73. The normalized spacial score (nSPS) is 16.3. The smallest absolute Gasteiger partial charge is 0.425 e. The molecule has 196 valence electrons. The van der Waals surface area contributed by atoms with Gasteiger partial charge in [0.1, 0.15) is 22.0 Å². The molecule has 2 N–H and O–H groups in total. The van der Waals surface area contributed by atoms with E-state index in [1.807, 2.05) is 4.72 Å². The van der Waals surface area contributed by atoms with Crippen LogP contribution in [0.2, 0.25) is 0 Å². The average molecular weight is 547 g/mol. The summed E-state index contributed by atoms with van der Waals surface area (Å²) in [6.45, 7) is 5.24. The largest absolute Gasteiger partial charge is 0.443 e. The van der Waals surface area contributed by atoms with Crippen LogP contribution in [0.1, 0.15) is 38.5 Å². The predicted molar refractivity (Wildman–Crippen MR) is 128 cm³/mol. The Kier molecular flexibility index (Phi) is 6.92. The highest BCUT2D eigenvalue weighted by molar-refractivity contribution is 7.87. The number of ether oxygens (including phenoxy) is 1. The number of nitrogens with one attached hydrogen (secondary N) is 2. The van der Waals surface area contributed by atoms with Crippen LogP contribution in [-0.4, -0.2) is 58.1 Å². The van der Waals surface area contributed by atoms with Gasteiger partial charge < -0.3 is 10.1 Å². The van der Waals surface area contributed by atoms with Crippen molar-refractivity contribution in [1.82, 2.24) is 23.6 Å². The molecule has 3 aromatic rings. The van der Waals surface area contributed by atoms with Gasteiger partial charge in [-0.25, -0.2) is 19.0 Å². The number of imidazole rings is 1. The number of piperidine rings is 1. The fraction of sp³-hybridized carbons (Fsp3) is 0.476. The Morgan fingerprint density at radius 2 is 1.83 bits per heavy atom. The summed E-state index contributed by atoms with van der Waals surface area (Å²) in [7, 11) is -4.04. The zero-order chi connectivity index (χ0) is 26.3. The molecule has 0 radical (unpaired) electrons. The maximum absolute atomic E-state index is 13.0. The second-order valence-corrected chi connectivity index (χ2v) is 12.0. The number of hydrogen-bond donors (Lipinski definition) is 2. The Hall–Kier alpha value is -2.91. The van der Waals surface area contributed by atoms with Crippen LogP contribution < -0.4 is 10.0 Å². The number of nitrogens with zero attached hydrogens (tertiary/aromatic N) is 4. The number of halogens is 3. The maximum Gasteiger partial charge on any atom is 0.425 e. The molecule has 0 bridgehead atoms. The predicted octanol–water partition coefficient (Wildman–Crippen LogP) is 4.12. The fourth-order valence-corrected chi connectivity index (χ4v) is 5.61. The number of rotatable bonds is 5. The lowest BCUT2D eigenvalue weighted by molar-refractivity contribution is -0.134. The molecule has 0 unspecified atom stereocenters. The van der Waals surface area contributed by atoms with Crippen LogP contribution in [0.25, 0.3) is 16.2 Å². The third-order valence-electron chi connectivity index (χ3n) is 5.26. The fourth-order valence-electron chi connectivity index (χ4n) is 3.66. The molecule has 0 saturated carbocycles. The lowest BCUT2D eigenvalue weighted by Crippen LogP contribution is -2.49. The first-order valence-corrected chi connectivity index (χ1v) is 13.3. The van der Waals surface area contributed by atoms with Gasteiger partial charge in [0.2, 0.25) is 0 Å². The molecule has 1 saturated heterocycles. The van der Waals surface area contributed by atoms with E-state index in [1.54, 1.807) is 32.9 Å². The Morgan fingerprint density at radius 3 is 2.44 bits per heavy atom. The summed E-state index contributed by atoms with van der Waals surface area (Å²) >= 11 is 0.616. The highest BCUT2D eigenvalue weighted by Gasteiger charge is 2.33. The number of amides is 1. The molecular formula is C21H25F3N6O4S2. The van der Waals surface area contributed by atoms with Gasteiger partial charge in [0.15, 0.2) is 5.65 Å². The number of thiophene rings is 1. The van der Waals surface area contributed by atoms with Gasteiger partial charge in [-0.05, 0) is 57.9 Å². The second kappa shape index (κ2) is 9.52. The molecule has 0 spiro atoms. The van der Waals surface area contributed by atoms with E-state index in [0.717, 1.165) is 6.07 Å². The molecule has 0 aliphatic carbocycles. The topological polar surface area (TPSA) is 118 Å². The SMILES string of the molecule is CC(C)(C)OC(=O)NS(=O)(=O)N1CCC(Nc2ccc3ncc(-c4ccc(C(F)(F)F)s4)n3n2)CC1. The zero-order valence-corrected chi connectivity index (χ0v) is 21.3.